The third kappa shape index (κ3) is 3.88. The molecule has 0 aliphatic carbocycles. The quantitative estimate of drug-likeness (QED) is 0.584. The average molecular weight is 394 g/mol. The van der Waals surface area contributed by atoms with E-state index in [1.165, 1.54) is 24.1 Å². The van der Waals surface area contributed by atoms with Crippen molar-refractivity contribution >= 4 is 17.9 Å². The van der Waals surface area contributed by atoms with E-state index < -0.39 is 0 Å². The van der Waals surface area contributed by atoms with Gasteiger partial charge in [0.15, 0.2) is 10.6 Å². The first-order valence-corrected chi connectivity index (χ1v) is 10.2. The molecule has 4 rings (SSSR count). The molecule has 146 valence electrons. The van der Waals surface area contributed by atoms with Gasteiger partial charge in [-0.25, -0.2) is 4.68 Å². The Morgan fingerprint density at radius 2 is 1.68 bits per heavy atom. The molecule has 1 fully saturated rings. The Kier molecular flexibility index (Phi) is 5.59. The van der Waals surface area contributed by atoms with E-state index in [9.17, 15) is 0 Å². The van der Waals surface area contributed by atoms with E-state index in [1.807, 2.05) is 34.5 Å². The third-order valence-corrected chi connectivity index (χ3v) is 5.81. The molecular formula is C22H27N5S. The van der Waals surface area contributed by atoms with Crippen molar-refractivity contribution in [2.24, 2.45) is 7.05 Å². The second-order valence-electron chi connectivity index (χ2n) is 7.51. The molecule has 28 heavy (non-hydrogen) atoms. The summed E-state index contributed by atoms with van der Waals surface area (Å²) in [5.41, 5.74) is 3.80. The van der Waals surface area contributed by atoms with Crippen molar-refractivity contribution in [3.63, 3.8) is 0 Å². The Hall–Kier alpha value is -2.44. The number of rotatable bonds is 6. The van der Waals surface area contributed by atoms with Gasteiger partial charge in [0, 0.05) is 37.9 Å². The van der Waals surface area contributed by atoms with Crippen molar-refractivity contribution in [1.82, 2.24) is 19.2 Å². The Labute approximate surface area is 171 Å². The molecule has 0 radical (unpaired) electrons. The topological polar surface area (TPSA) is 29.2 Å². The first-order valence-electron chi connectivity index (χ1n) is 9.84. The minimum atomic E-state index is 0.661. The maximum absolute atomic E-state index is 5.64. The minimum Gasteiger partial charge on any atom is -0.371 e. The fraction of sp³-hybridized carbons (Fsp3) is 0.364. The normalized spacial score (nSPS) is 14.2. The zero-order chi connectivity index (χ0) is 19.5. The van der Waals surface area contributed by atoms with Gasteiger partial charge in [-0.3, -0.25) is 4.90 Å². The predicted octanol–water partition coefficient (Wildman–Crippen LogP) is 4.31. The Bertz CT molecular complexity index is 986. The van der Waals surface area contributed by atoms with Gasteiger partial charge in [0.05, 0.1) is 6.67 Å². The molecule has 0 N–H and O–H groups in total. The standard InChI is InChI=1S/C22H27N5S/c1-24(16-19-12-6-7-13-20(19)26-14-8-9-15-26)17-27-22(28)25(2)21(23-27)18-10-4-3-5-11-18/h3-7,10-13H,8-9,14-17H2,1-2H3. The molecule has 1 aliphatic heterocycles. The number of para-hydroxylation sites is 1. The lowest BCUT2D eigenvalue weighted by Gasteiger charge is -2.24. The summed E-state index contributed by atoms with van der Waals surface area (Å²) in [4.78, 5) is 4.77. The lowest BCUT2D eigenvalue weighted by Crippen LogP contribution is -2.25. The highest BCUT2D eigenvalue weighted by atomic mass is 32.1. The van der Waals surface area contributed by atoms with Crippen LogP contribution in [0.4, 0.5) is 5.69 Å². The molecule has 0 bridgehead atoms. The van der Waals surface area contributed by atoms with Crippen molar-refractivity contribution in [2.45, 2.75) is 26.1 Å². The second-order valence-corrected chi connectivity index (χ2v) is 7.87. The number of nitrogens with zero attached hydrogens (tertiary/aromatic N) is 5. The van der Waals surface area contributed by atoms with E-state index in [-0.39, 0.29) is 0 Å². The van der Waals surface area contributed by atoms with E-state index in [4.69, 9.17) is 17.3 Å². The zero-order valence-electron chi connectivity index (χ0n) is 16.6. The van der Waals surface area contributed by atoms with Crippen molar-refractivity contribution in [1.29, 1.82) is 0 Å². The molecule has 6 heteroatoms. The van der Waals surface area contributed by atoms with Gasteiger partial charge in [-0.1, -0.05) is 48.5 Å². The van der Waals surface area contributed by atoms with Gasteiger partial charge in [0.1, 0.15) is 0 Å². The van der Waals surface area contributed by atoms with E-state index in [1.54, 1.807) is 0 Å². The Morgan fingerprint density at radius 1 is 1.00 bits per heavy atom. The van der Waals surface area contributed by atoms with Crippen LogP contribution in [0, 0.1) is 4.77 Å². The molecule has 1 aliphatic rings. The molecule has 0 saturated carbocycles. The van der Waals surface area contributed by atoms with Crippen LogP contribution in [0.3, 0.4) is 0 Å². The Morgan fingerprint density at radius 3 is 2.43 bits per heavy atom. The highest BCUT2D eigenvalue weighted by molar-refractivity contribution is 7.71. The van der Waals surface area contributed by atoms with Crippen LogP contribution < -0.4 is 4.90 Å². The maximum Gasteiger partial charge on any atom is 0.199 e. The SMILES string of the molecule is CN(Cc1ccccc1N1CCCC1)Cn1nc(-c2ccccc2)n(C)c1=S. The third-order valence-electron chi connectivity index (χ3n) is 5.33. The van der Waals surface area contributed by atoms with Crippen LogP contribution in [0.15, 0.2) is 54.6 Å². The van der Waals surface area contributed by atoms with Crippen molar-refractivity contribution < 1.29 is 0 Å². The van der Waals surface area contributed by atoms with Crippen LogP contribution in [0.1, 0.15) is 18.4 Å². The molecular weight excluding hydrogens is 366 g/mol. The van der Waals surface area contributed by atoms with E-state index in [2.05, 4.69) is 53.2 Å². The summed E-state index contributed by atoms with van der Waals surface area (Å²) in [6, 6.07) is 18.9. The van der Waals surface area contributed by atoms with Crippen LogP contribution in [-0.4, -0.2) is 39.4 Å². The van der Waals surface area contributed by atoms with E-state index >= 15 is 0 Å². The zero-order valence-corrected chi connectivity index (χ0v) is 17.4. The fourth-order valence-electron chi connectivity index (χ4n) is 3.90. The molecule has 1 saturated heterocycles. The average Bonchev–Trinajstić information content (AvgIpc) is 3.34. The summed E-state index contributed by atoms with van der Waals surface area (Å²) < 4.78 is 4.63. The van der Waals surface area contributed by atoms with Gasteiger partial charge in [-0.05, 0) is 43.7 Å². The van der Waals surface area contributed by atoms with Gasteiger partial charge >= 0.3 is 0 Å². The van der Waals surface area contributed by atoms with Crippen LogP contribution >= 0.6 is 12.2 Å². The molecule has 0 amide bonds. The summed E-state index contributed by atoms with van der Waals surface area (Å²) in [6.07, 6.45) is 2.57. The highest BCUT2D eigenvalue weighted by Gasteiger charge is 2.17. The molecule has 0 atom stereocenters. The van der Waals surface area contributed by atoms with Gasteiger partial charge in [-0.2, -0.15) is 5.10 Å². The lowest BCUT2D eigenvalue weighted by atomic mass is 10.1. The van der Waals surface area contributed by atoms with Gasteiger partial charge in [-0.15, -0.1) is 0 Å². The first kappa shape index (κ1) is 18.9. The predicted molar refractivity (Wildman–Crippen MR) is 117 cm³/mol. The van der Waals surface area contributed by atoms with Crippen molar-refractivity contribution in [2.75, 3.05) is 25.0 Å². The van der Waals surface area contributed by atoms with Crippen LogP contribution in [0.25, 0.3) is 11.4 Å². The molecule has 2 heterocycles. The van der Waals surface area contributed by atoms with E-state index in [0.29, 0.717) is 6.67 Å². The van der Waals surface area contributed by atoms with Crippen LogP contribution in [0.2, 0.25) is 0 Å². The smallest absolute Gasteiger partial charge is 0.199 e. The summed E-state index contributed by atoms with van der Waals surface area (Å²) in [5.74, 6) is 0.900. The molecule has 2 aromatic carbocycles. The van der Waals surface area contributed by atoms with Crippen molar-refractivity contribution in [3.05, 3.63) is 64.9 Å². The molecule has 1 aromatic heterocycles. The second kappa shape index (κ2) is 8.29. The molecule has 3 aromatic rings. The van der Waals surface area contributed by atoms with Gasteiger partial charge < -0.3 is 9.47 Å². The lowest BCUT2D eigenvalue weighted by molar-refractivity contribution is 0.244. The Balaban J connectivity index is 1.52. The number of aromatic nitrogens is 3. The number of hydrogen-bond donors (Lipinski definition) is 0. The number of hydrogen-bond acceptors (Lipinski definition) is 4. The highest BCUT2D eigenvalue weighted by Crippen LogP contribution is 2.25. The van der Waals surface area contributed by atoms with Crippen LogP contribution in [0.5, 0.6) is 0 Å². The molecule has 0 unspecified atom stereocenters. The fourth-order valence-corrected chi connectivity index (χ4v) is 4.08. The molecule has 0 spiro atoms. The van der Waals surface area contributed by atoms with E-state index in [0.717, 1.165) is 35.8 Å². The summed E-state index contributed by atoms with van der Waals surface area (Å²) in [5, 5.41) is 4.78. The largest absolute Gasteiger partial charge is 0.371 e. The summed E-state index contributed by atoms with van der Waals surface area (Å²) in [7, 11) is 4.11. The monoisotopic (exact) mass is 393 g/mol. The molecule has 5 nitrogen and oxygen atoms in total. The summed E-state index contributed by atoms with van der Waals surface area (Å²) >= 11 is 5.64. The van der Waals surface area contributed by atoms with Crippen LogP contribution in [-0.2, 0) is 20.3 Å². The summed E-state index contributed by atoms with van der Waals surface area (Å²) in [6.45, 7) is 3.85. The number of anilines is 1. The minimum absolute atomic E-state index is 0.661. The van der Waals surface area contributed by atoms with Crippen molar-refractivity contribution in [3.8, 4) is 11.4 Å². The van der Waals surface area contributed by atoms with Gasteiger partial charge in [0.2, 0.25) is 0 Å². The maximum atomic E-state index is 5.64. The number of benzene rings is 2. The van der Waals surface area contributed by atoms with Gasteiger partial charge in [0.25, 0.3) is 0 Å². The first-order chi connectivity index (χ1) is 13.6.